The second-order valence-electron chi connectivity index (χ2n) is 8.68. The molecule has 0 saturated carbocycles. The third kappa shape index (κ3) is 6.02. The number of rotatable bonds is 10. The number of aliphatic carboxylic acids is 1. The van der Waals surface area contributed by atoms with E-state index in [0.29, 0.717) is 26.0 Å². The lowest BCUT2D eigenvalue weighted by Gasteiger charge is -2.18. The number of hydrogen-bond donors (Lipinski definition) is 2. The van der Waals surface area contributed by atoms with Crippen LogP contribution in [0.3, 0.4) is 0 Å². The van der Waals surface area contributed by atoms with Crippen molar-refractivity contribution in [3.63, 3.8) is 0 Å². The minimum atomic E-state index is -1.09. The number of H-pyrrole nitrogens is 1. The first-order valence-corrected chi connectivity index (χ1v) is 12.0. The molecule has 0 aliphatic heterocycles. The number of benzene rings is 3. The van der Waals surface area contributed by atoms with E-state index in [9.17, 15) is 14.7 Å². The van der Waals surface area contributed by atoms with Crippen molar-refractivity contribution in [3.8, 4) is 11.1 Å². The number of hydrogen-bond acceptors (Lipinski definition) is 3. The van der Waals surface area contributed by atoms with Crippen molar-refractivity contribution < 1.29 is 19.4 Å². The molecule has 0 atom stereocenters. The number of ether oxygens (including phenoxy) is 1. The summed E-state index contributed by atoms with van der Waals surface area (Å²) in [5.41, 5.74) is 6.09. The number of amides is 1. The van der Waals surface area contributed by atoms with E-state index in [2.05, 4.69) is 17.1 Å². The molecule has 36 heavy (non-hydrogen) atoms. The topological polar surface area (TPSA) is 82.6 Å². The van der Waals surface area contributed by atoms with E-state index in [-0.39, 0.29) is 11.7 Å². The highest BCUT2D eigenvalue weighted by molar-refractivity contribution is 5.90. The first-order chi connectivity index (χ1) is 17.4. The predicted octanol–water partition coefficient (Wildman–Crippen LogP) is 5.89. The van der Waals surface area contributed by atoms with Gasteiger partial charge in [0, 0.05) is 37.1 Å². The summed E-state index contributed by atoms with van der Waals surface area (Å²) in [5.74, 6) is -1.07. The Hall–Kier alpha value is -4.32. The first-order valence-electron chi connectivity index (χ1n) is 12.0. The van der Waals surface area contributed by atoms with Crippen molar-refractivity contribution in [1.82, 2.24) is 9.88 Å². The highest BCUT2D eigenvalue weighted by atomic mass is 16.5. The Labute approximate surface area is 210 Å². The van der Waals surface area contributed by atoms with Gasteiger partial charge >= 0.3 is 5.97 Å². The molecule has 4 rings (SSSR count). The van der Waals surface area contributed by atoms with Gasteiger partial charge in [0.05, 0.1) is 6.61 Å². The normalized spacial score (nSPS) is 11.4. The smallest absolute Gasteiger partial charge is 0.371 e. The third-order valence-corrected chi connectivity index (χ3v) is 6.11. The number of nitrogens with zero attached hydrogens (tertiary/aromatic N) is 1. The molecule has 1 amide bonds. The summed E-state index contributed by atoms with van der Waals surface area (Å²) >= 11 is 0. The quantitative estimate of drug-likeness (QED) is 0.218. The van der Waals surface area contributed by atoms with Crippen LogP contribution in [0.5, 0.6) is 0 Å². The number of fused-ring (bicyclic) bond motifs is 1. The van der Waals surface area contributed by atoms with Gasteiger partial charge in [-0.2, -0.15) is 0 Å². The van der Waals surface area contributed by atoms with Crippen molar-refractivity contribution in [2.24, 2.45) is 0 Å². The van der Waals surface area contributed by atoms with Crippen molar-refractivity contribution in [3.05, 3.63) is 101 Å². The molecule has 184 valence electrons. The monoisotopic (exact) mass is 482 g/mol. The Morgan fingerprint density at radius 1 is 1.00 bits per heavy atom. The van der Waals surface area contributed by atoms with E-state index in [0.717, 1.165) is 33.3 Å². The number of aromatic amines is 1. The lowest BCUT2D eigenvalue weighted by Crippen LogP contribution is -2.26. The number of carboxylic acid groups (broad SMARTS) is 1. The third-order valence-electron chi connectivity index (χ3n) is 6.11. The minimum absolute atomic E-state index is 0.0790. The van der Waals surface area contributed by atoms with Crippen LogP contribution in [0.1, 0.15) is 30.0 Å². The lowest BCUT2D eigenvalue weighted by atomic mass is 10.0. The molecular formula is C30H30N2O4. The largest absolute Gasteiger partial charge is 0.487 e. The molecule has 1 heterocycles. The van der Waals surface area contributed by atoms with Crippen molar-refractivity contribution >= 4 is 28.9 Å². The number of carboxylic acids is 1. The number of nitrogens with one attached hydrogen (secondary N) is 1. The van der Waals surface area contributed by atoms with Crippen LogP contribution in [0.15, 0.2) is 84.8 Å². The fraction of sp³-hybridized carbons (Fsp3) is 0.200. The summed E-state index contributed by atoms with van der Waals surface area (Å²) in [6.07, 6.45) is 4.65. The number of aromatic nitrogens is 1. The average molecular weight is 483 g/mol. The van der Waals surface area contributed by atoms with Gasteiger partial charge < -0.3 is 19.7 Å². The van der Waals surface area contributed by atoms with Crippen molar-refractivity contribution in [2.45, 2.75) is 26.3 Å². The molecule has 0 unspecified atom stereocenters. The molecule has 0 aliphatic rings. The van der Waals surface area contributed by atoms with E-state index in [1.165, 1.54) is 11.5 Å². The van der Waals surface area contributed by atoms with Crippen molar-refractivity contribution in [2.75, 3.05) is 13.7 Å². The summed E-state index contributed by atoms with van der Waals surface area (Å²) in [7, 11) is 1.84. The van der Waals surface area contributed by atoms with Crippen LogP contribution in [0.2, 0.25) is 0 Å². The molecule has 2 N–H and O–H groups in total. The van der Waals surface area contributed by atoms with Crippen LogP contribution in [0.4, 0.5) is 0 Å². The maximum absolute atomic E-state index is 12.8. The number of carbonyl (C=O) groups is 2. The Balaban J connectivity index is 1.39. The maximum Gasteiger partial charge on any atom is 0.371 e. The molecule has 0 aliphatic carbocycles. The van der Waals surface area contributed by atoms with E-state index in [1.54, 1.807) is 11.8 Å². The van der Waals surface area contributed by atoms with E-state index >= 15 is 0 Å². The standard InChI is InChI=1S/C30H30N2O4/c1-3-36-28(30(34)35)18-21-11-13-23(14-12-21)24-8-6-7-22(17-24)20-32(2)29(33)16-15-25-19-31-27-10-5-4-9-26(25)27/h4-14,17-19,31H,3,15-16,20H2,1-2H3,(H,34,35)/b28-18-. The fourth-order valence-corrected chi connectivity index (χ4v) is 4.23. The SMILES string of the molecule is CCO/C(=C\c1ccc(-c2cccc(CN(C)C(=O)CCc3c[nH]c4ccccc34)c2)cc1)C(=O)O. The molecule has 6 heteroatoms. The van der Waals surface area contributed by atoms with Gasteiger partial charge in [0.1, 0.15) is 0 Å². The molecule has 0 saturated heterocycles. The van der Waals surface area contributed by atoms with Crippen LogP contribution < -0.4 is 0 Å². The summed E-state index contributed by atoms with van der Waals surface area (Å²) in [4.78, 5) is 29.1. The van der Waals surface area contributed by atoms with Crippen LogP contribution >= 0.6 is 0 Å². The van der Waals surface area contributed by atoms with E-state index < -0.39 is 5.97 Å². The molecular weight excluding hydrogens is 452 g/mol. The van der Waals surface area contributed by atoms with Crippen LogP contribution in [-0.4, -0.2) is 40.5 Å². The zero-order valence-corrected chi connectivity index (χ0v) is 20.5. The Bertz CT molecular complexity index is 1390. The van der Waals surface area contributed by atoms with Gasteiger partial charge in [-0.1, -0.05) is 60.7 Å². The van der Waals surface area contributed by atoms with Gasteiger partial charge in [0.15, 0.2) is 0 Å². The van der Waals surface area contributed by atoms with E-state index in [4.69, 9.17) is 4.74 Å². The number of aryl methyl sites for hydroxylation is 1. The zero-order chi connectivity index (χ0) is 25.5. The van der Waals surface area contributed by atoms with Gasteiger partial charge in [0.25, 0.3) is 0 Å². The molecule has 0 spiro atoms. The predicted molar refractivity (Wildman–Crippen MR) is 142 cm³/mol. The second kappa shape index (κ2) is 11.4. The fourth-order valence-electron chi connectivity index (χ4n) is 4.23. The Morgan fingerprint density at radius 2 is 1.78 bits per heavy atom. The van der Waals surface area contributed by atoms with Crippen molar-refractivity contribution in [1.29, 1.82) is 0 Å². The molecule has 6 nitrogen and oxygen atoms in total. The van der Waals surface area contributed by atoms with E-state index in [1.807, 2.05) is 73.9 Å². The van der Waals surface area contributed by atoms with Crippen LogP contribution in [0, 0.1) is 0 Å². The highest BCUT2D eigenvalue weighted by Gasteiger charge is 2.12. The van der Waals surface area contributed by atoms with Crippen LogP contribution in [-0.2, 0) is 27.3 Å². The summed E-state index contributed by atoms with van der Waals surface area (Å²) in [5, 5.41) is 10.4. The van der Waals surface area contributed by atoms with Gasteiger partial charge in [-0.15, -0.1) is 0 Å². The summed E-state index contributed by atoms with van der Waals surface area (Å²) in [6.45, 7) is 2.57. The molecule has 0 radical (unpaired) electrons. The highest BCUT2D eigenvalue weighted by Crippen LogP contribution is 2.23. The summed E-state index contributed by atoms with van der Waals surface area (Å²) < 4.78 is 5.18. The Morgan fingerprint density at radius 3 is 2.53 bits per heavy atom. The number of para-hydroxylation sites is 1. The average Bonchev–Trinajstić information content (AvgIpc) is 3.30. The lowest BCUT2D eigenvalue weighted by molar-refractivity contribution is -0.136. The molecule has 3 aromatic carbocycles. The minimum Gasteiger partial charge on any atom is -0.487 e. The molecule has 4 aromatic rings. The van der Waals surface area contributed by atoms with Gasteiger partial charge in [0.2, 0.25) is 11.7 Å². The second-order valence-corrected chi connectivity index (χ2v) is 8.68. The zero-order valence-electron chi connectivity index (χ0n) is 20.5. The molecule has 1 aromatic heterocycles. The number of carbonyl (C=O) groups excluding carboxylic acids is 1. The van der Waals surface area contributed by atoms with Gasteiger partial charge in [-0.25, -0.2) is 4.79 Å². The summed E-state index contributed by atoms with van der Waals surface area (Å²) in [6, 6.07) is 23.9. The van der Waals surface area contributed by atoms with Gasteiger partial charge in [-0.3, -0.25) is 4.79 Å². The van der Waals surface area contributed by atoms with Gasteiger partial charge in [-0.05, 0) is 59.4 Å². The first kappa shape index (κ1) is 24.8. The molecule has 0 bridgehead atoms. The Kier molecular flexibility index (Phi) is 7.85. The van der Waals surface area contributed by atoms with Crippen LogP contribution in [0.25, 0.3) is 28.1 Å². The molecule has 0 fully saturated rings. The maximum atomic E-state index is 12.8.